The first kappa shape index (κ1) is 16.5. The van der Waals surface area contributed by atoms with Gasteiger partial charge in [-0.3, -0.25) is 4.79 Å². The van der Waals surface area contributed by atoms with Gasteiger partial charge < -0.3 is 10.6 Å². The Balaban J connectivity index is 2.03. The molecule has 1 aromatic heterocycles. The van der Waals surface area contributed by atoms with Crippen molar-refractivity contribution in [2.75, 3.05) is 13.1 Å². The van der Waals surface area contributed by atoms with E-state index in [-0.39, 0.29) is 17.4 Å². The van der Waals surface area contributed by atoms with Gasteiger partial charge in [0.1, 0.15) is 0 Å². The van der Waals surface area contributed by atoms with Crippen molar-refractivity contribution < 1.29 is 4.79 Å². The number of carbonyl (C=O) groups excluding carboxylic acids is 1. The van der Waals surface area contributed by atoms with Crippen molar-refractivity contribution in [1.82, 2.24) is 10.6 Å². The van der Waals surface area contributed by atoms with Crippen LogP contribution in [0, 0.1) is 11.3 Å². The van der Waals surface area contributed by atoms with Crippen LogP contribution in [0.15, 0.2) is 17.5 Å². The first-order chi connectivity index (χ1) is 10.1. The number of hydrogen-bond acceptors (Lipinski definition) is 3. The Morgan fingerprint density at radius 1 is 1.57 bits per heavy atom. The lowest BCUT2D eigenvalue weighted by Crippen LogP contribution is -2.48. The van der Waals surface area contributed by atoms with Gasteiger partial charge in [-0.1, -0.05) is 33.3 Å². The molecule has 0 aromatic carbocycles. The molecule has 1 amide bonds. The molecule has 1 aromatic rings. The molecule has 118 valence electrons. The van der Waals surface area contributed by atoms with Gasteiger partial charge in [-0.25, -0.2) is 0 Å². The van der Waals surface area contributed by atoms with Crippen LogP contribution in [0.1, 0.15) is 57.4 Å². The van der Waals surface area contributed by atoms with Crippen molar-refractivity contribution in [2.24, 2.45) is 11.3 Å². The molecule has 1 aliphatic rings. The minimum absolute atomic E-state index is 0.165. The van der Waals surface area contributed by atoms with Gasteiger partial charge in [0.25, 0.3) is 0 Å². The summed E-state index contributed by atoms with van der Waals surface area (Å²) in [6.45, 7) is 8.40. The smallest absolute Gasteiger partial charge is 0.226 e. The highest BCUT2D eigenvalue weighted by molar-refractivity contribution is 7.10. The van der Waals surface area contributed by atoms with Crippen molar-refractivity contribution in [2.45, 2.75) is 52.5 Å². The third-order valence-electron chi connectivity index (χ3n) is 4.67. The van der Waals surface area contributed by atoms with Crippen molar-refractivity contribution in [3.8, 4) is 0 Å². The highest BCUT2D eigenvalue weighted by Gasteiger charge is 2.38. The SMILES string of the molecule is CCCC(NC(=O)C(C)(C)C1CCCNC1)c1cccs1. The van der Waals surface area contributed by atoms with Crippen LogP contribution in [0.5, 0.6) is 0 Å². The largest absolute Gasteiger partial charge is 0.348 e. The molecular formula is C17H28N2OS. The predicted octanol–water partition coefficient (Wildman–Crippen LogP) is 3.73. The molecule has 2 rings (SSSR count). The lowest BCUT2D eigenvalue weighted by Gasteiger charge is -2.37. The predicted molar refractivity (Wildman–Crippen MR) is 89.5 cm³/mol. The fraction of sp³-hybridized carbons (Fsp3) is 0.706. The summed E-state index contributed by atoms with van der Waals surface area (Å²) in [7, 11) is 0. The highest BCUT2D eigenvalue weighted by Crippen LogP contribution is 2.33. The highest BCUT2D eigenvalue weighted by atomic mass is 32.1. The second kappa shape index (κ2) is 7.41. The second-order valence-electron chi connectivity index (χ2n) is 6.60. The number of thiophene rings is 1. The number of rotatable bonds is 6. The first-order valence-electron chi connectivity index (χ1n) is 8.10. The Morgan fingerprint density at radius 2 is 2.38 bits per heavy atom. The number of hydrogen-bond donors (Lipinski definition) is 2. The van der Waals surface area contributed by atoms with Crippen LogP contribution in [-0.2, 0) is 4.79 Å². The van der Waals surface area contributed by atoms with Gasteiger partial charge >= 0.3 is 0 Å². The molecule has 1 aliphatic heterocycles. The Bertz CT molecular complexity index is 436. The number of nitrogens with one attached hydrogen (secondary N) is 2. The molecule has 1 fully saturated rings. The second-order valence-corrected chi connectivity index (χ2v) is 7.57. The molecule has 0 bridgehead atoms. The number of piperidine rings is 1. The molecule has 1 saturated heterocycles. The zero-order chi connectivity index (χ0) is 15.3. The van der Waals surface area contributed by atoms with E-state index in [1.807, 2.05) is 0 Å². The van der Waals surface area contributed by atoms with E-state index in [1.165, 1.54) is 11.3 Å². The van der Waals surface area contributed by atoms with Gasteiger partial charge in [0.2, 0.25) is 5.91 Å². The van der Waals surface area contributed by atoms with Crippen LogP contribution in [0.2, 0.25) is 0 Å². The van der Waals surface area contributed by atoms with Crippen LogP contribution < -0.4 is 10.6 Å². The standard InChI is InChI=1S/C17H28N2OS/c1-4-7-14(15-9-6-11-21-15)19-16(20)17(2,3)13-8-5-10-18-12-13/h6,9,11,13-14,18H,4-5,7-8,10,12H2,1-3H3,(H,19,20). The summed E-state index contributed by atoms with van der Waals surface area (Å²) in [6, 6.07) is 4.35. The van der Waals surface area contributed by atoms with Crippen LogP contribution in [0.25, 0.3) is 0 Å². The van der Waals surface area contributed by atoms with E-state index in [2.05, 4.69) is 48.9 Å². The lowest BCUT2D eigenvalue weighted by atomic mass is 9.74. The van der Waals surface area contributed by atoms with E-state index in [0.29, 0.717) is 5.92 Å². The molecule has 2 N–H and O–H groups in total. The summed E-state index contributed by atoms with van der Waals surface area (Å²) in [5.41, 5.74) is -0.309. The number of carbonyl (C=O) groups is 1. The molecule has 2 heterocycles. The van der Waals surface area contributed by atoms with Gasteiger partial charge in [-0.2, -0.15) is 0 Å². The third-order valence-corrected chi connectivity index (χ3v) is 5.66. The van der Waals surface area contributed by atoms with E-state index in [9.17, 15) is 4.79 Å². The Labute approximate surface area is 132 Å². The molecule has 21 heavy (non-hydrogen) atoms. The van der Waals surface area contributed by atoms with Crippen molar-refractivity contribution >= 4 is 17.2 Å². The summed E-state index contributed by atoms with van der Waals surface area (Å²) in [5.74, 6) is 0.625. The molecule has 3 nitrogen and oxygen atoms in total. The van der Waals surface area contributed by atoms with Crippen LogP contribution in [-0.4, -0.2) is 19.0 Å². The number of amides is 1. The lowest BCUT2D eigenvalue weighted by molar-refractivity contribution is -0.133. The fourth-order valence-corrected chi connectivity index (χ4v) is 3.87. The molecule has 0 saturated carbocycles. The molecule has 2 unspecified atom stereocenters. The Hall–Kier alpha value is -0.870. The summed E-state index contributed by atoms with van der Waals surface area (Å²) in [6.07, 6.45) is 4.40. The van der Waals surface area contributed by atoms with Gasteiger partial charge in [0, 0.05) is 10.3 Å². The van der Waals surface area contributed by atoms with E-state index in [4.69, 9.17) is 0 Å². The molecule has 0 spiro atoms. The molecule has 4 heteroatoms. The average Bonchev–Trinajstić information content (AvgIpc) is 3.01. The van der Waals surface area contributed by atoms with E-state index in [0.717, 1.165) is 32.4 Å². The average molecular weight is 308 g/mol. The fourth-order valence-electron chi connectivity index (χ4n) is 3.06. The van der Waals surface area contributed by atoms with E-state index < -0.39 is 0 Å². The van der Waals surface area contributed by atoms with Gasteiger partial charge in [-0.05, 0) is 49.7 Å². The summed E-state index contributed by atoms with van der Waals surface area (Å²) in [5, 5.41) is 8.81. The van der Waals surface area contributed by atoms with Gasteiger partial charge in [0.15, 0.2) is 0 Å². The maximum absolute atomic E-state index is 12.8. The summed E-state index contributed by atoms with van der Waals surface area (Å²) >= 11 is 1.73. The third kappa shape index (κ3) is 4.07. The summed E-state index contributed by atoms with van der Waals surface area (Å²) in [4.78, 5) is 14.1. The first-order valence-corrected chi connectivity index (χ1v) is 8.98. The van der Waals surface area contributed by atoms with Gasteiger partial charge in [0.05, 0.1) is 6.04 Å². The van der Waals surface area contributed by atoms with E-state index >= 15 is 0 Å². The summed E-state index contributed by atoms with van der Waals surface area (Å²) < 4.78 is 0. The Kier molecular flexibility index (Phi) is 5.82. The van der Waals surface area contributed by atoms with Crippen LogP contribution in [0.3, 0.4) is 0 Å². The van der Waals surface area contributed by atoms with Gasteiger partial charge in [-0.15, -0.1) is 11.3 Å². The monoisotopic (exact) mass is 308 g/mol. The maximum Gasteiger partial charge on any atom is 0.226 e. The van der Waals surface area contributed by atoms with Crippen molar-refractivity contribution in [3.05, 3.63) is 22.4 Å². The van der Waals surface area contributed by atoms with Crippen molar-refractivity contribution in [3.63, 3.8) is 0 Å². The topological polar surface area (TPSA) is 41.1 Å². The van der Waals surface area contributed by atoms with Crippen LogP contribution >= 0.6 is 11.3 Å². The molecular weight excluding hydrogens is 280 g/mol. The van der Waals surface area contributed by atoms with E-state index in [1.54, 1.807) is 11.3 Å². The normalized spacial score (nSPS) is 21.0. The maximum atomic E-state index is 12.8. The molecule has 0 radical (unpaired) electrons. The quantitative estimate of drug-likeness (QED) is 0.840. The zero-order valence-electron chi connectivity index (χ0n) is 13.4. The molecule has 2 atom stereocenters. The minimum Gasteiger partial charge on any atom is -0.348 e. The molecule has 0 aliphatic carbocycles. The van der Waals surface area contributed by atoms with Crippen molar-refractivity contribution in [1.29, 1.82) is 0 Å². The zero-order valence-corrected chi connectivity index (χ0v) is 14.3. The minimum atomic E-state index is -0.309. The Morgan fingerprint density at radius 3 is 2.95 bits per heavy atom. The van der Waals surface area contributed by atoms with Crippen LogP contribution in [0.4, 0.5) is 0 Å².